The third-order valence-electron chi connectivity index (χ3n) is 4.56. The van der Waals surface area contributed by atoms with Crippen molar-refractivity contribution < 1.29 is 19.0 Å². The highest BCUT2D eigenvalue weighted by molar-refractivity contribution is 5.92. The van der Waals surface area contributed by atoms with E-state index in [0.717, 1.165) is 17.1 Å². The summed E-state index contributed by atoms with van der Waals surface area (Å²) in [6.45, 7) is 5.50. The van der Waals surface area contributed by atoms with Gasteiger partial charge in [-0.1, -0.05) is 6.07 Å². The van der Waals surface area contributed by atoms with Gasteiger partial charge in [-0.2, -0.15) is 0 Å². The Balaban J connectivity index is 1.55. The first-order valence-corrected chi connectivity index (χ1v) is 8.80. The summed E-state index contributed by atoms with van der Waals surface area (Å²) in [7, 11) is 0. The second kappa shape index (κ2) is 7.15. The fourth-order valence-corrected chi connectivity index (χ4v) is 3.15. The number of fused-ring (bicyclic) bond motifs is 1. The van der Waals surface area contributed by atoms with E-state index in [1.165, 1.54) is 0 Å². The number of carbonyl (C=O) groups is 1. The van der Waals surface area contributed by atoms with E-state index >= 15 is 0 Å². The lowest BCUT2D eigenvalue weighted by atomic mass is 10.2. The maximum absolute atomic E-state index is 12.7. The minimum atomic E-state index is -0.396. The minimum Gasteiger partial charge on any atom is -0.486 e. The van der Waals surface area contributed by atoms with Gasteiger partial charge in [0.2, 0.25) is 0 Å². The molecule has 1 aromatic carbocycles. The average Bonchev–Trinajstić information content (AvgIpc) is 2.97. The molecule has 6 nitrogen and oxygen atoms in total. The Morgan fingerprint density at radius 3 is 2.70 bits per heavy atom. The number of aromatic nitrogens is 2. The van der Waals surface area contributed by atoms with Crippen LogP contribution in [0.15, 0.2) is 48.7 Å². The van der Waals surface area contributed by atoms with Crippen LogP contribution in [-0.4, -0.2) is 28.7 Å². The molecule has 3 aromatic rings. The smallest absolute Gasteiger partial charge is 0.345 e. The topological polar surface area (TPSA) is 62.6 Å². The van der Waals surface area contributed by atoms with E-state index in [1.807, 2.05) is 38.1 Å². The van der Waals surface area contributed by atoms with Gasteiger partial charge in [0.25, 0.3) is 0 Å². The standard InChI is InChI=1S/C21H20N2O4/c1-14-11-18(15(2)23(14)13-16-5-3-4-8-22-16)21(24)27-17-6-7-19-20(12-17)26-10-9-25-19/h3-8,11-12H,9-10,13H2,1-2H3. The van der Waals surface area contributed by atoms with Crippen LogP contribution in [0.3, 0.4) is 0 Å². The number of pyridine rings is 1. The van der Waals surface area contributed by atoms with Crippen molar-refractivity contribution in [1.29, 1.82) is 0 Å². The molecule has 4 rings (SSSR count). The Morgan fingerprint density at radius 2 is 1.93 bits per heavy atom. The molecule has 1 aliphatic heterocycles. The summed E-state index contributed by atoms with van der Waals surface area (Å²) in [6.07, 6.45) is 1.76. The number of rotatable bonds is 4. The van der Waals surface area contributed by atoms with Crippen LogP contribution in [0.25, 0.3) is 0 Å². The Labute approximate surface area is 157 Å². The Bertz CT molecular complexity index is 979. The molecule has 0 unspecified atom stereocenters. The fourth-order valence-electron chi connectivity index (χ4n) is 3.15. The van der Waals surface area contributed by atoms with Crippen molar-refractivity contribution in [2.75, 3.05) is 13.2 Å². The number of nitrogens with zero attached hydrogens (tertiary/aromatic N) is 2. The Kier molecular flexibility index (Phi) is 4.54. The Morgan fingerprint density at radius 1 is 1.11 bits per heavy atom. The van der Waals surface area contributed by atoms with Gasteiger partial charge in [0, 0.05) is 23.7 Å². The normalized spacial score (nSPS) is 12.7. The second-order valence-corrected chi connectivity index (χ2v) is 6.39. The number of esters is 1. The largest absolute Gasteiger partial charge is 0.486 e. The van der Waals surface area contributed by atoms with Crippen molar-refractivity contribution in [3.05, 3.63) is 71.3 Å². The first kappa shape index (κ1) is 17.1. The van der Waals surface area contributed by atoms with Gasteiger partial charge in [-0.25, -0.2) is 4.79 Å². The SMILES string of the molecule is Cc1cc(C(=O)Oc2ccc3c(c2)OCCO3)c(C)n1Cc1ccccn1. The van der Waals surface area contributed by atoms with Crippen molar-refractivity contribution >= 4 is 5.97 Å². The first-order chi connectivity index (χ1) is 13.1. The summed E-state index contributed by atoms with van der Waals surface area (Å²) in [5, 5.41) is 0. The van der Waals surface area contributed by atoms with Gasteiger partial charge in [-0.3, -0.25) is 4.98 Å². The third kappa shape index (κ3) is 3.51. The quantitative estimate of drug-likeness (QED) is 0.523. The molecule has 6 heteroatoms. The van der Waals surface area contributed by atoms with E-state index in [9.17, 15) is 4.79 Å². The molecule has 0 saturated carbocycles. The van der Waals surface area contributed by atoms with Crippen molar-refractivity contribution in [2.24, 2.45) is 0 Å². The first-order valence-electron chi connectivity index (χ1n) is 8.80. The number of hydrogen-bond donors (Lipinski definition) is 0. The zero-order valence-electron chi connectivity index (χ0n) is 15.3. The average molecular weight is 364 g/mol. The highest BCUT2D eigenvalue weighted by Gasteiger charge is 2.19. The molecule has 2 aromatic heterocycles. The van der Waals surface area contributed by atoms with Crippen LogP contribution in [0.4, 0.5) is 0 Å². The summed E-state index contributed by atoms with van der Waals surface area (Å²) >= 11 is 0. The highest BCUT2D eigenvalue weighted by atomic mass is 16.6. The predicted octanol–water partition coefficient (Wildman–Crippen LogP) is 3.54. The zero-order valence-corrected chi connectivity index (χ0v) is 15.3. The summed E-state index contributed by atoms with van der Waals surface area (Å²) < 4.78 is 18.6. The van der Waals surface area contributed by atoms with Crippen LogP contribution in [-0.2, 0) is 6.54 Å². The molecule has 0 spiro atoms. The summed E-state index contributed by atoms with van der Waals surface area (Å²) in [5.41, 5.74) is 3.30. The Hall–Kier alpha value is -3.28. The molecular formula is C21H20N2O4. The molecule has 1 aliphatic rings. The minimum absolute atomic E-state index is 0.396. The van der Waals surface area contributed by atoms with Crippen molar-refractivity contribution in [1.82, 2.24) is 9.55 Å². The number of aryl methyl sites for hydroxylation is 1. The van der Waals surface area contributed by atoms with Gasteiger partial charge < -0.3 is 18.8 Å². The van der Waals surface area contributed by atoms with Crippen LogP contribution in [0.1, 0.15) is 27.4 Å². The van der Waals surface area contributed by atoms with Crippen LogP contribution >= 0.6 is 0 Å². The van der Waals surface area contributed by atoms with E-state index < -0.39 is 5.97 Å². The molecule has 0 bridgehead atoms. The lowest BCUT2D eigenvalue weighted by Crippen LogP contribution is -2.16. The van der Waals surface area contributed by atoms with Crippen LogP contribution in [0.5, 0.6) is 17.2 Å². The predicted molar refractivity (Wildman–Crippen MR) is 99.6 cm³/mol. The highest BCUT2D eigenvalue weighted by Crippen LogP contribution is 2.34. The molecule has 0 fully saturated rings. The van der Waals surface area contributed by atoms with E-state index in [1.54, 1.807) is 24.4 Å². The van der Waals surface area contributed by atoms with E-state index in [0.29, 0.717) is 42.6 Å². The molecule has 0 aliphatic carbocycles. The molecule has 3 heterocycles. The second-order valence-electron chi connectivity index (χ2n) is 6.39. The molecule has 0 saturated heterocycles. The van der Waals surface area contributed by atoms with Gasteiger partial charge in [0.15, 0.2) is 11.5 Å². The van der Waals surface area contributed by atoms with E-state index in [2.05, 4.69) is 9.55 Å². The summed E-state index contributed by atoms with van der Waals surface area (Å²) in [5.74, 6) is 1.28. The zero-order chi connectivity index (χ0) is 18.8. The van der Waals surface area contributed by atoms with Crippen molar-refractivity contribution in [3.8, 4) is 17.2 Å². The monoisotopic (exact) mass is 364 g/mol. The van der Waals surface area contributed by atoms with E-state index in [4.69, 9.17) is 14.2 Å². The molecule has 0 atom stereocenters. The number of ether oxygens (including phenoxy) is 3. The number of hydrogen-bond acceptors (Lipinski definition) is 5. The van der Waals surface area contributed by atoms with Crippen molar-refractivity contribution in [3.63, 3.8) is 0 Å². The maximum atomic E-state index is 12.7. The van der Waals surface area contributed by atoms with Gasteiger partial charge in [-0.15, -0.1) is 0 Å². The summed E-state index contributed by atoms with van der Waals surface area (Å²) in [4.78, 5) is 17.1. The van der Waals surface area contributed by atoms with Crippen LogP contribution in [0, 0.1) is 13.8 Å². The van der Waals surface area contributed by atoms with Gasteiger partial charge in [0.05, 0.1) is 17.8 Å². The lowest BCUT2D eigenvalue weighted by molar-refractivity contribution is 0.0732. The fraction of sp³-hybridized carbons (Fsp3) is 0.238. The van der Waals surface area contributed by atoms with Crippen molar-refractivity contribution in [2.45, 2.75) is 20.4 Å². The summed E-state index contributed by atoms with van der Waals surface area (Å²) in [6, 6.07) is 12.8. The molecule has 0 amide bonds. The molecular weight excluding hydrogens is 344 g/mol. The maximum Gasteiger partial charge on any atom is 0.345 e. The third-order valence-corrected chi connectivity index (χ3v) is 4.56. The lowest BCUT2D eigenvalue weighted by Gasteiger charge is -2.18. The number of benzene rings is 1. The number of carbonyl (C=O) groups excluding carboxylic acids is 1. The molecule has 27 heavy (non-hydrogen) atoms. The van der Waals surface area contributed by atoms with Gasteiger partial charge in [-0.05, 0) is 44.2 Å². The van der Waals surface area contributed by atoms with Gasteiger partial charge >= 0.3 is 5.97 Å². The van der Waals surface area contributed by atoms with Gasteiger partial charge in [0.1, 0.15) is 19.0 Å². The molecule has 0 radical (unpaired) electrons. The van der Waals surface area contributed by atoms with Crippen LogP contribution < -0.4 is 14.2 Å². The molecule has 0 N–H and O–H groups in total. The van der Waals surface area contributed by atoms with E-state index in [-0.39, 0.29) is 0 Å². The van der Waals surface area contributed by atoms with Crippen LogP contribution in [0.2, 0.25) is 0 Å². The molecule has 138 valence electrons.